The van der Waals surface area contributed by atoms with E-state index < -0.39 is 11.7 Å². The van der Waals surface area contributed by atoms with Gasteiger partial charge in [-0.3, -0.25) is 4.79 Å². The van der Waals surface area contributed by atoms with Crippen LogP contribution in [0.4, 0.5) is 0 Å². The molecule has 6 heteroatoms. The molecule has 0 saturated carbocycles. The molecule has 2 rings (SSSR count). The zero-order chi connectivity index (χ0) is 9.42. The summed E-state index contributed by atoms with van der Waals surface area (Å²) >= 11 is 0. The average Bonchev–Trinajstić information content (AvgIpc) is 2.75. The Bertz CT molecular complexity index is 386. The van der Waals surface area contributed by atoms with Gasteiger partial charge >= 0.3 is 5.82 Å². The molecular formula is C7H7NO5. The lowest BCUT2D eigenvalue weighted by molar-refractivity contribution is 0.0970. The summed E-state index contributed by atoms with van der Waals surface area (Å²) in [6.07, 6.45) is 0.364. The van der Waals surface area contributed by atoms with Gasteiger partial charge in [0.2, 0.25) is 5.76 Å². The van der Waals surface area contributed by atoms with E-state index >= 15 is 0 Å². The fraction of sp³-hybridized carbons (Fsp3) is 0.429. The van der Waals surface area contributed by atoms with E-state index in [9.17, 15) is 9.59 Å². The first-order chi connectivity index (χ1) is 6.16. The van der Waals surface area contributed by atoms with E-state index in [1.54, 1.807) is 0 Å². The quantitative estimate of drug-likeness (QED) is 0.626. The molecule has 2 heterocycles. The summed E-state index contributed by atoms with van der Waals surface area (Å²) in [5.74, 6) is -1.76. The second kappa shape index (κ2) is 2.74. The highest BCUT2D eigenvalue weighted by molar-refractivity contribution is 5.90. The van der Waals surface area contributed by atoms with Gasteiger partial charge in [0, 0.05) is 6.42 Å². The molecule has 0 aliphatic carbocycles. The Kier molecular flexibility index (Phi) is 1.70. The Labute approximate surface area is 72.3 Å². The second-order valence-electron chi connectivity index (χ2n) is 2.73. The van der Waals surface area contributed by atoms with Gasteiger partial charge in [-0.2, -0.15) is 0 Å². The number of primary amides is 1. The van der Waals surface area contributed by atoms with Crippen molar-refractivity contribution in [1.82, 2.24) is 0 Å². The fourth-order valence-electron chi connectivity index (χ4n) is 1.02. The zero-order valence-electron chi connectivity index (χ0n) is 6.61. The number of epoxide rings is 1. The molecule has 1 aliphatic heterocycles. The monoisotopic (exact) mass is 185 g/mol. The number of nitrogens with two attached hydrogens (primary N) is 1. The van der Waals surface area contributed by atoms with Crippen LogP contribution in [-0.4, -0.2) is 18.6 Å². The molecule has 1 aromatic heterocycles. The summed E-state index contributed by atoms with van der Waals surface area (Å²) in [6, 6.07) is 0. The minimum Gasteiger partial charge on any atom is -0.395 e. The molecule has 1 amide bonds. The molecule has 2 N–H and O–H groups in total. The summed E-state index contributed by atoms with van der Waals surface area (Å²) in [4.78, 5) is 21.4. The van der Waals surface area contributed by atoms with Gasteiger partial charge in [0.15, 0.2) is 5.76 Å². The van der Waals surface area contributed by atoms with Gasteiger partial charge in [0.1, 0.15) is 0 Å². The average molecular weight is 185 g/mol. The summed E-state index contributed by atoms with van der Waals surface area (Å²) in [5, 5.41) is 0. The number of amides is 1. The standard InChI is InChI=1S/C7H7NO5/c8-6(9)5-4(1-3-2-11-3)12-7(10)13-5/h3H,1-2H2,(H2,8,9). The third-order valence-corrected chi connectivity index (χ3v) is 1.68. The molecule has 0 aromatic carbocycles. The van der Waals surface area contributed by atoms with E-state index in [2.05, 4.69) is 8.83 Å². The fourth-order valence-corrected chi connectivity index (χ4v) is 1.02. The van der Waals surface area contributed by atoms with Crippen molar-refractivity contribution in [3.8, 4) is 0 Å². The summed E-state index contributed by atoms with van der Waals surface area (Å²) in [5.41, 5.74) is 4.95. The summed E-state index contributed by atoms with van der Waals surface area (Å²) < 4.78 is 14.0. The van der Waals surface area contributed by atoms with Crippen molar-refractivity contribution in [2.75, 3.05) is 6.61 Å². The van der Waals surface area contributed by atoms with Gasteiger partial charge in [0.05, 0.1) is 12.7 Å². The Morgan fingerprint density at radius 2 is 2.23 bits per heavy atom. The van der Waals surface area contributed by atoms with Crippen LogP contribution in [0.3, 0.4) is 0 Å². The highest BCUT2D eigenvalue weighted by atomic mass is 16.6. The highest BCUT2D eigenvalue weighted by Crippen LogP contribution is 2.17. The first-order valence-corrected chi connectivity index (χ1v) is 3.71. The molecule has 6 nitrogen and oxygen atoms in total. The van der Waals surface area contributed by atoms with Crippen LogP contribution in [0.15, 0.2) is 13.6 Å². The Balaban J connectivity index is 2.30. The van der Waals surface area contributed by atoms with Crippen molar-refractivity contribution < 1.29 is 18.4 Å². The largest absolute Gasteiger partial charge is 0.519 e. The molecule has 1 aliphatic rings. The molecular weight excluding hydrogens is 178 g/mol. The maximum Gasteiger partial charge on any atom is 0.519 e. The zero-order valence-corrected chi connectivity index (χ0v) is 6.61. The van der Waals surface area contributed by atoms with Crippen LogP contribution in [0.5, 0.6) is 0 Å². The Hall–Kier alpha value is -1.56. The van der Waals surface area contributed by atoms with Crippen molar-refractivity contribution in [3.63, 3.8) is 0 Å². The van der Waals surface area contributed by atoms with E-state index in [1.807, 2.05) is 0 Å². The molecule has 70 valence electrons. The molecule has 1 aromatic rings. The molecule has 1 unspecified atom stereocenters. The van der Waals surface area contributed by atoms with E-state index in [4.69, 9.17) is 10.5 Å². The number of hydrogen-bond donors (Lipinski definition) is 1. The van der Waals surface area contributed by atoms with Gasteiger partial charge in [-0.1, -0.05) is 0 Å². The first kappa shape index (κ1) is 8.06. The lowest BCUT2D eigenvalue weighted by atomic mass is 10.2. The second-order valence-corrected chi connectivity index (χ2v) is 2.73. The Morgan fingerprint density at radius 1 is 1.54 bits per heavy atom. The van der Waals surface area contributed by atoms with E-state index in [0.717, 1.165) is 0 Å². The van der Waals surface area contributed by atoms with Crippen molar-refractivity contribution in [2.45, 2.75) is 12.5 Å². The Morgan fingerprint density at radius 3 is 2.77 bits per heavy atom. The molecule has 0 spiro atoms. The van der Waals surface area contributed by atoms with Gasteiger partial charge < -0.3 is 19.3 Å². The van der Waals surface area contributed by atoms with Crippen LogP contribution in [0.25, 0.3) is 0 Å². The highest BCUT2D eigenvalue weighted by Gasteiger charge is 2.28. The van der Waals surface area contributed by atoms with Gasteiger partial charge in [-0.05, 0) is 0 Å². The lowest BCUT2D eigenvalue weighted by Gasteiger charge is -1.90. The number of carbonyl (C=O) groups is 1. The number of carbonyl (C=O) groups excluding carboxylic acids is 1. The van der Waals surface area contributed by atoms with Gasteiger partial charge in [0.25, 0.3) is 5.91 Å². The summed E-state index contributed by atoms with van der Waals surface area (Å²) in [7, 11) is 0. The predicted octanol–water partition coefficient (Wildman–Crippen LogP) is -0.727. The van der Waals surface area contributed by atoms with Crippen molar-refractivity contribution in [1.29, 1.82) is 0 Å². The van der Waals surface area contributed by atoms with Crippen LogP contribution in [0, 0.1) is 0 Å². The van der Waals surface area contributed by atoms with Crippen molar-refractivity contribution in [2.24, 2.45) is 5.73 Å². The third-order valence-electron chi connectivity index (χ3n) is 1.68. The topological polar surface area (TPSA) is 99.0 Å². The minimum absolute atomic E-state index is 0.0128. The maximum atomic E-state index is 10.7. The normalized spacial score (nSPS) is 20.2. The van der Waals surface area contributed by atoms with E-state index in [-0.39, 0.29) is 17.6 Å². The number of hydrogen-bond acceptors (Lipinski definition) is 5. The third kappa shape index (κ3) is 1.62. The van der Waals surface area contributed by atoms with E-state index in [0.29, 0.717) is 13.0 Å². The molecule has 0 radical (unpaired) electrons. The first-order valence-electron chi connectivity index (χ1n) is 3.71. The predicted molar refractivity (Wildman–Crippen MR) is 39.2 cm³/mol. The van der Waals surface area contributed by atoms with E-state index in [1.165, 1.54) is 0 Å². The lowest BCUT2D eigenvalue weighted by Crippen LogP contribution is -2.12. The van der Waals surface area contributed by atoms with Crippen molar-refractivity contribution >= 4 is 5.91 Å². The SMILES string of the molecule is NC(=O)c1oc(=O)oc1CC1CO1. The number of rotatable bonds is 3. The van der Waals surface area contributed by atoms with Gasteiger partial charge in [-0.15, -0.1) is 0 Å². The van der Waals surface area contributed by atoms with Crippen LogP contribution in [0.1, 0.15) is 16.3 Å². The molecule has 0 bridgehead atoms. The molecule has 13 heavy (non-hydrogen) atoms. The smallest absolute Gasteiger partial charge is 0.395 e. The van der Waals surface area contributed by atoms with Crippen LogP contribution >= 0.6 is 0 Å². The maximum absolute atomic E-state index is 10.7. The molecule has 1 atom stereocenters. The van der Waals surface area contributed by atoms with Crippen molar-refractivity contribution in [3.05, 3.63) is 22.1 Å². The minimum atomic E-state index is -0.913. The van der Waals surface area contributed by atoms with Gasteiger partial charge in [-0.25, -0.2) is 4.79 Å². The molecule has 1 fully saturated rings. The van der Waals surface area contributed by atoms with Crippen LogP contribution in [-0.2, 0) is 11.2 Å². The molecule has 1 saturated heterocycles. The number of ether oxygens (including phenoxy) is 1. The summed E-state index contributed by atoms with van der Waals surface area (Å²) in [6.45, 7) is 0.604. The van der Waals surface area contributed by atoms with Crippen LogP contribution < -0.4 is 11.6 Å². The van der Waals surface area contributed by atoms with Crippen LogP contribution in [0.2, 0.25) is 0 Å².